The molecular formula is C16H11N5O3S3. The minimum Gasteiger partial charge on any atom is -0.288 e. The molecule has 3 aromatic rings. The molecule has 0 amide bonds. The van der Waals surface area contributed by atoms with Crippen molar-refractivity contribution in [2.24, 2.45) is 11.4 Å². The van der Waals surface area contributed by atoms with Crippen LogP contribution in [0.2, 0.25) is 0 Å². The van der Waals surface area contributed by atoms with Gasteiger partial charge in [-0.05, 0) is 39.7 Å². The van der Waals surface area contributed by atoms with Gasteiger partial charge in [0.2, 0.25) is 10.9 Å². The second-order valence-corrected chi connectivity index (χ2v) is 9.24. The van der Waals surface area contributed by atoms with Crippen molar-refractivity contribution in [3.63, 3.8) is 0 Å². The molecule has 2 heterocycles. The summed E-state index contributed by atoms with van der Waals surface area (Å²) in [7, 11) is -2.22. The number of sulfonamides is 1. The lowest BCUT2D eigenvalue weighted by molar-refractivity contribution is 0.104. The first-order valence-corrected chi connectivity index (χ1v) is 10.7. The molecule has 1 aromatic carbocycles. The Balaban J connectivity index is 1.84. The van der Waals surface area contributed by atoms with Gasteiger partial charge in [0, 0.05) is 18.2 Å². The van der Waals surface area contributed by atoms with E-state index in [0.29, 0.717) is 21.2 Å². The van der Waals surface area contributed by atoms with Gasteiger partial charge in [0.25, 0.3) is 10.0 Å². The molecule has 0 saturated carbocycles. The Hall–Kier alpha value is -2.63. The number of thiophene rings is 1. The average Bonchev–Trinajstić information content (AvgIpc) is 3.32. The van der Waals surface area contributed by atoms with E-state index in [0.717, 1.165) is 23.1 Å². The number of carbonyl (C=O) groups is 1. The summed E-state index contributed by atoms with van der Waals surface area (Å²) in [5.74, 6) is -0.230. The SMILES string of the molecule is Cn1nnnc1SC1=C/C(=N\S(=O)(=O)c2cccs2)c2ccccc2C1=O. The summed E-state index contributed by atoms with van der Waals surface area (Å²) in [6, 6.07) is 9.92. The lowest BCUT2D eigenvalue weighted by atomic mass is 9.94. The highest BCUT2D eigenvalue weighted by molar-refractivity contribution is 8.04. The number of aromatic nitrogens is 4. The second kappa shape index (κ2) is 6.83. The number of thioether (sulfide) groups is 1. The molecule has 136 valence electrons. The van der Waals surface area contributed by atoms with E-state index in [2.05, 4.69) is 19.9 Å². The Morgan fingerprint density at radius 1 is 1.15 bits per heavy atom. The van der Waals surface area contributed by atoms with Crippen molar-refractivity contribution >= 4 is 44.6 Å². The van der Waals surface area contributed by atoms with E-state index < -0.39 is 10.0 Å². The van der Waals surface area contributed by atoms with Crippen LogP contribution in [0.3, 0.4) is 0 Å². The summed E-state index contributed by atoms with van der Waals surface area (Å²) in [6.45, 7) is 0. The summed E-state index contributed by atoms with van der Waals surface area (Å²) >= 11 is 2.15. The van der Waals surface area contributed by atoms with Crippen LogP contribution in [-0.4, -0.2) is 40.1 Å². The fraction of sp³-hybridized carbons (Fsp3) is 0.0625. The van der Waals surface area contributed by atoms with Gasteiger partial charge >= 0.3 is 0 Å². The Morgan fingerprint density at radius 2 is 1.93 bits per heavy atom. The molecule has 0 aliphatic heterocycles. The summed E-state index contributed by atoms with van der Waals surface area (Å²) in [6.07, 6.45) is 1.47. The number of ketones is 1. The largest absolute Gasteiger partial charge is 0.292 e. The number of hydrogen-bond donors (Lipinski definition) is 0. The molecule has 0 atom stereocenters. The number of tetrazole rings is 1. The van der Waals surface area contributed by atoms with Gasteiger partial charge in [0.15, 0.2) is 0 Å². The van der Waals surface area contributed by atoms with E-state index in [1.54, 1.807) is 42.8 Å². The van der Waals surface area contributed by atoms with E-state index >= 15 is 0 Å². The van der Waals surface area contributed by atoms with E-state index in [1.807, 2.05) is 0 Å². The van der Waals surface area contributed by atoms with Gasteiger partial charge in [-0.15, -0.1) is 16.4 Å². The predicted molar refractivity (Wildman–Crippen MR) is 102 cm³/mol. The maximum Gasteiger partial charge on any atom is 0.292 e. The Morgan fingerprint density at radius 3 is 2.59 bits per heavy atom. The molecule has 1 aliphatic rings. The first-order valence-electron chi connectivity index (χ1n) is 7.60. The van der Waals surface area contributed by atoms with E-state index in [-0.39, 0.29) is 15.7 Å². The molecule has 1 aliphatic carbocycles. The first-order chi connectivity index (χ1) is 13.0. The Kier molecular flexibility index (Phi) is 4.50. The molecule has 0 bridgehead atoms. The molecule has 0 saturated heterocycles. The van der Waals surface area contributed by atoms with Gasteiger partial charge < -0.3 is 0 Å². The number of carbonyl (C=O) groups excluding carboxylic acids is 1. The number of fused-ring (bicyclic) bond motifs is 1. The quantitative estimate of drug-likeness (QED) is 0.641. The van der Waals surface area contributed by atoms with E-state index in [1.165, 1.54) is 16.8 Å². The average molecular weight is 417 g/mol. The lowest BCUT2D eigenvalue weighted by Crippen LogP contribution is -2.17. The highest BCUT2D eigenvalue weighted by Crippen LogP contribution is 2.33. The fourth-order valence-electron chi connectivity index (χ4n) is 2.45. The number of rotatable bonds is 4. The predicted octanol–water partition coefficient (Wildman–Crippen LogP) is 2.32. The van der Waals surface area contributed by atoms with Gasteiger partial charge in [0.05, 0.1) is 10.6 Å². The van der Waals surface area contributed by atoms with Crippen molar-refractivity contribution in [2.75, 3.05) is 0 Å². The van der Waals surface area contributed by atoms with Gasteiger partial charge in [-0.3, -0.25) is 4.79 Å². The number of allylic oxidation sites excluding steroid dienone is 2. The normalized spacial score (nSPS) is 15.7. The molecule has 0 unspecified atom stereocenters. The van der Waals surface area contributed by atoms with Crippen LogP contribution in [0, 0.1) is 0 Å². The Bertz CT molecular complexity index is 1190. The molecule has 2 aromatic heterocycles. The second-order valence-electron chi connectivity index (χ2n) is 5.45. The van der Waals surface area contributed by atoms with Crippen molar-refractivity contribution in [2.45, 2.75) is 9.37 Å². The fourth-order valence-corrected chi connectivity index (χ4v) is 5.23. The zero-order valence-corrected chi connectivity index (χ0v) is 16.3. The van der Waals surface area contributed by atoms with E-state index in [9.17, 15) is 13.2 Å². The molecule has 8 nitrogen and oxygen atoms in total. The van der Waals surface area contributed by atoms with Crippen LogP contribution in [0.5, 0.6) is 0 Å². The minimum absolute atomic E-state index is 0.143. The van der Waals surface area contributed by atoms with Crippen molar-refractivity contribution < 1.29 is 13.2 Å². The zero-order chi connectivity index (χ0) is 19.0. The Labute approximate surface area is 162 Å². The molecule has 0 spiro atoms. The topological polar surface area (TPSA) is 107 Å². The van der Waals surface area contributed by atoms with Gasteiger partial charge in [0.1, 0.15) is 4.21 Å². The maximum absolute atomic E-state index is 12.8. The molecule has 0 N–H and O–H groups in total. The van der Waals surface area contributed by atoms with Crippen LogP contribution in [0.15, 0.2) is 66.5 Å². The third kappa shape index (κ3) is 3.36. The standard InChI is InChI=1S/C16H11N5O3S3/c1-21-16(17-19-20-21)26-13-9-12(10-5-2-3-6-11(10)15(13)22)18-27(23,24)14-7-4-8-25-14/h2-9H,1H3/b18-12+. The molecule has 0 radical (unpaired) electrons. The molecule has 4 rings (SSSR count). The summed E-state index contributed by atoms with van der Waals surface area (Å²) < 4.78 is 30.8. The van der Waals surface area contributed by atoms with Crippen molar-refractivity contribution in [3.8, 4) is 0 Å². The highest BCUT2D eigenvalue weighted by Gasteiger charge is 2.27. The summed E-state index contributed by atoms with van der Waals surface area (Å²) in [4.78, 5) is 13.1. The smallest absolute Gasteiger partial charge is 0.288 e. The van der Waals surface area contributed by atoms with Crippen molar-refractivity contribution in [3.05, 3.63) is 63.9 Å². The van der Waals surface area contributed by atoms with Crippen molar-refractivity contribution in [1.82, 2.24) is 20.2 Å². The summed E-state index contributed by atoms with van der Waals surface area (Å²) in [5.41, 5.74) is 1.07. The summed E-state index contributed by atoms with van der Waals surface area (Å²) in [5, 5.41) is 13.2. The molecule has 27 heavy (non-hydrogen) atoms. The minimum atomic E-state index is -3.87. The molecule has 11 heteroatoms. The third-order valence-electron chi connectivity index (χ3n) is 3.69. The van der Waals surface area contributed by atoms with Gasteiger partial charge in [-0.25, -0.2) is 4.68 Å². The number of hydrogen-bond acceptors (Lipinski definition) is 8. The van der Waals surface area contributed by atoms with Crippen LogP contribution in [0.1, 0.15) is 15.9 Å². The van der Waals surface area contributed by atoms with Crippen LogP contribution in [-0.2, 0) is 17.1 Å². The lowest BCUT2D eigenvalue weighted by Gasteiger charge is -2.16. The van der Waals surface area contributed by atoms with Gasteiger partial charge in [-0.2, -0.15) is 12.8 Å². The number of Topliss-reactive ketones (excluding diaryl/α,β-unsaturated/α-hetero) is 1. The van der Waals surface area contributed by atoms with E-state index in [4.69, 9.17) is 0 Å². The van der Waals surface area contributed by atoms with Crippen LogP contribution >= 0.6 is 23.1 Å². The monoisotopic (exact) mass is 417 g/mol. The van der Waals surface area contributed by atoms with Crippen LogP contribution in [0.25, 0.3) is 0 Å². The third-order valence-corrected chi connectivity index (χ3v) is 7.40. The first kappa shape index (κ1) is 17.8. The zero-order valence-electron chi connectivity index (χ0n) is 13.8. The highest BCUT2D eigenvalue weighted by atomic mass is 32.2. The van der Waals surface area contributed by atoms with Crippen LogP contribution in [0.4, 0.5) is 0 Å². The molecular weight excluding hydrogens is 406 g/mol. The van der Waals surface area contributed by atoms with Crippen LogP contribution < -0.4 is 0 Å². The number of benzene rings is 1. The number of aryl methyl sites for hydroxylation is 1. The van der Waals surface area contributed by atoms with Gasteiger partial charge in [-0.1, -0.05) is 30.3 Å². The maximum atomic E-state index is 12.8. The molecule has 0 fully saturated rings. The van der Waals surface area contributed by atoms with Crippen molar-refractivity contribution in [1.29, 1.82) is 0 Å². The number of nitrogens with zero attached hydrogens (tertiary/aromatic N) is 5.